The number of aliphatic hydroxyl groups is 3. The Morgan fingerprint density at radius 1 is 1.42 bits per heavy atom. The normalized spacial score (nSPS) is 31.5. The van der Waals surface area contributed by atoms with Crippen LogP contribution in [0.25, 0.3) is 0 Å². The molecule has 0 saturated carbocycles. The second-order valence-electron chi connectivity index (χ2n) is 5.96. The van der Waals surface area contributed by atoms with E-state index in [4.69, 9.17) is 21.1 Å². The molecule has 0 amide bonds. The molecule has 2 unspecified atom stereocenters. The van der Waals surface area contributed by atoms with Crippen molar-refractivity contribution < 1.29 is 24.8 Å². The standard InChI is InChI=1S/C14H23ClN6O5/c15-1-4-25-13-10(12(24)11(23)9(7-22)26-13)21-6-8(19-20-21)5-18-14-16-2-3-17-14/h6,9-13,22-24H,1-5,7H2,(H2,16,17,18)/t9?,10?,11-,12-,13+/m1/s1. The molecule has 2 aliphatic heterocycles. The van der Waals surface area contributed by atoms with E-state index in [0.29, 0.717) is 18.2 Å². The molecular formula is C14H23ClN6O5. The summed E-state index contributed by atoms with van der Waals surface area (Å²) in [6.07, 6.45) is -2.82. The third kappa shape index (κ3) is 4.24. The Hall–Kier alpha value is -1.50. The van der Waals surface area contributed by atoms with E-state index in [1.165, 1.54) is 4.68 Å². The van der Waals surface area contributed by atoms with Crippen LogP contribution in [0, 0.1) is 0 Å². The average molecular weight is 391 g/mol. The number of aliphatic imine (C=N–C) groups is 1. The molecule has 12 heteroatoms. The zero-order valence-corrected chi connectivity index (χ0v) is 14.8. The third-order valence-corrected chi connectivity index (χ3v) is 4.34. The van der Waals surface area contributed by atoms with Gasteiger partial charge in [0, 0.05) is 12.4 Å². The van der Waals surface area contributed by atoms with Crippen LogP contribution in [0.4, 0.5) is 0 Å². The van der Waals surface area contributed by atoms with Crippen LogP contribution in [-0.2, 0) is 16.0 Å². The molecule has 0 spiro atoms. The van der Waals surface area contributed by atoms with Crippen LogP contribution < -0.4 is 10.6 Å². The van der Waals surface area contributed by atoms with Crippen molar-refractivity contribution in [3.05, 3.63) is 11.9 Å². The molecule has 1 aromatic heterocycles. The van der Waals surface area contributed by atoms with E-state index in [0.717, 1.165) is 13.1 Å². The van der Waals surface area contributed by atoms with Gasteiger partial charge in [-0.3, -0.25) is 4.99 Å². The number of nitrogens with one attached hydrogen (secondary N) is 2. The number of rotatable bonds is 7. The van der Waals surface area contributed by atoms with Gasteiger partial charge in [-0.25, -0.2) is 4.68 Å². The van der Waals surface area contributed by atoms with Gasteiger partial charge in [-0.05, 0) is 0 Å². The first-order chi connectivity index (χ1) is 12.6. The first kappa shape index (κ1) is 19.3. The topological polar surface area (TPSA) is 146 Å². The van der Waals surface area contributed by atoms with Crippen LogP contribution in [0.1, 0.15) is 11.7 Å². The fraction of sp³-hybridized carbons (Fsp3) is 0.786. The molecule has 2 aliphatic rings. The molecule has 146 valence electrons. The Morgan fingerprint density at radius 2 is 2.27 bits per heavy atom. The van der Waals surface area contributed by atoms with Crippen molar-refractivity contribution in [2.75, 3.05) is 32.2 Å². The van der Waals surface area contributed by atoms with Crippen molar-refractivity contribution in [3.63, 3.8) is 0 Å². The van der Waals surface area contributed by atoms with E-state index in [1.54, 1.807) is 6.20 Å². The Balaban J connectivity index is 1.71. The summed E-state index contributed by atoms with van der Waals surface area (Å²) in [5.41, 5.74) is 0.614. The number of aliphatic hydroxyl groups excluding tert-OH is 3. The Labute approximate surface area is 155 Å². The lowest BCUT2D eigenvalue weighted by atomic mass is 9.97. The average Bonchev–Trinajstić information content (AvgIpc) is 3.32. The molecular weight excluding hydrogens is 368 g/mol. The number of nitrogens with zero attached hydrogens (tertiary/aromatic N) is 4. The summed E-state index contributed by atoms with van der Waals surface area (Å²) < 4.78 is 12.5. The number of halogens is 1. The summed E-state index contributed by atoms with van der Waals surface area (Å²) in [5.74, 6) is 0.932. The molecule has 5 N–H and O–H groups in total. The lowest BCUT2D eigenvalue weighted by Crippen LogP contribution is -2.57. The summed E-state index contributed by atoms with van der Waals surface area (Å²) in [5, 5.41) is 44.2. The van der Waals surface area contributed by atoms with Gasteiger partial charge in [0.05, 0.1) is 32.5 Å². The van der Waals surface area contributed by atoms with Crippen LogP contribution in [0.5, 0.6) is 0 Å². The lowest BCUT2D eigenvalue weighted by molar-refractivity contribution is -0.280. The maximum atomic E-state index is 10.5. The monoisotopic (exact) mass is 390 g/mol. The van der Waals surface area contributed by atoms with E-state index in [9.17, 15) is 15.3 Å². The van der Waals surface area contributed by atoms with Crippen molar-refractivity contribution in [3.8, 4) is 0 Å². The lowest BCUT2D eigenvalue weighted by Gasteiger charge is -2.41. The minimum atomic E-state index is -1.29. The van der Waals surface area contributed by atoms with E-state index in [2.05, 4.69) is 25.9 Å². The fourth-order valence-corrected chi connectivity index (χ4v) is 2.97. The highest BCUT2D eigenvalue weighted by Gasteiger charge is 2.46. The van der Waals surface area contributed by atoms with Crippen molar-refractivity contribution >= 4 is 17.6 Å². The van der Waals surface area contributed by atoms with Gasteiger partial charge in [0.2, 0.25) is 0 Å². The van der Waals surface area contributed by atoms with Gasteiger partial charge < -0.3 is 35.4 Å². The smallest absolute Gasteiger partial charge is 0.191 e. The third-order valence-electron chi connectivity index (χ3n) is 4.18. The van der Waals surface area contributed by atoms with Crippen molar-refractivity contribution in [1.82, 2.24) is 25.6 Å². The SMILES string of the molecule is OCC1O[C@H](OCCCl)C(n2cc(CNC3=NCCN3)nn2)[C@@H](O)[C@@H]1O. The van der Waals surface area contributed by atoms with Crippen LogP contribution >= 0.6 is 11.6 Å². The summed E-state index contributed by atoms with van der Waals surface area (Å²) in [6.45, 7) is 1.64. The molecule has 1 fully saturated rings. The number of aromatic nitrogens is 3. The molecule has 26 heavy (non-hydrogen) atoms. The second-order valence-corrected chi connectivity index (χ2v) is 6.34. The van der Waals surface area contributed by atoms with Gasteiger partial charge in [0.1, 0.15) is 30.0 Å². The number of ether oxygens (including phenoxy) is 2. The van der Waals surface area contributed by atoms with Crippen molar-refractivity contribution in [1.29, 1.82) is 0 Å². The highest BCUT2D eigenvalue weighted by atomic mass is 35.5. The minimum absolute atomic E-state index is 0.179. The largest absolute Gasteiger partial charge is 0.394 e. The van der Waals surface area contributed by atoms with Gasteiger partial charge >= 0.3 is 0 Å². The van der Waals surface area contributed by atoms with Crippen molar-refractivity contribution in [2.24, 2.45) is 4.99 Å². The van der Waals surface area contributed by atoms with Crippen LogP contribution in [0.15, 0.2) is 11.2 Å². The summed E-state index contributed by atoms with van der Waals surface area (Å²) in [7, 11) is 0. The first-order valence-electron chi connectivity index (χ1n) is 8.37. The maximum absolute atomic E-state index is 10.5. The number of alkyl halides is 1. The minimum Gasteiger partial charge on any atom is -0.394 e. The Morgan fingerprint density at radius 3 is 2.96 bits per heavy atom. The van der Waals surface area contributed by atoms with Crippen molar-refractivity contribution in [2.45, 2.75) is 37.2 Å². The number of hydrogen-bond acceptors (Lipinski definition) is 10. The first-order valence-corrected chi connectivity index (χ1v) is 8.90. The van der Waals surface area contributed by atoms with Gasteiger partial charge in [-0.2, -0.15) is 0 Å². The molecule has 3 rings (SSSR count). The van der Waals surface area contributed by atoms with Crippen LogP contribution in [-0.4, -0.2) is 93.1 Å². The second kappa shape index (κ2) is 8.93. The maximum Gasteiger partial charge on any atom is 0.191 e. The highest BCUT2D eigenvalue weighted by Crippen LogP contribution is 2.30. The van der Waals surface area contributed by atoms with Crippen LogP contribution in [0.2, 0.25) is 0 Å². The molecule has 11 nitrogen and oxygen atoms in total. The van der Waals surface area contributed by atoms with Gasteiger partial charge in [0.15, 0.2) is 12.2 Å². The van der Waals surface area contributed by atoms with E-state index >= 15 is 0 Å². The molecule has 0 aliphatic carbocycles. The Kier molecular flexibility index (Phi) is 6.62. The van der Waals surface area contributed by atoms with Crippen LogP contribution in [0.3, 0.4) is 0 Å². The van der Waals surface area contributed by atoms with Gasteiger partial charge in [-0.15, -0.1) is 16.7 Å². The molecule has 5 atom stereocenters. The summed E-state index contributed by atoms with van der Waals surface area (Å²) >= 11 is 5.66. The van der Waals surface area contributed by atoms with E-state index in [1.807, 2.05) is 0 Å². The fourth-order valence-electron chi connectivity index (χ4n) is 2.88. The highest BCUT2D eigenvalue weighted by molar-refractivity contribution is 6.17. The molecule has 0 aromatic carbocycles. The predicted octanol–water partition coefficient (Wildman–Crippen LogP) is -2.44. The quantitative estimate of drug-likeness (QED) is 0.320. The molecule has 1 aromatic rings. The predicted molar refractivity (Wildman–Crippen MR) is 90.6 cm³/mol. The summed E-state index contributed by atoms with van der Waals surface area (Å²) in [4.78, 5) is 4.22. The number of hydrogen-bond donors (Lipinski definition) is 5. The summed E-state index contributed by atoms with van der Waals surface area (Å²) in [6, 6.07) is -0.834. The molecule has 1 saturated heterocycles. The zero-order valence-electron chi connectivity index (χ0n) is 14.0. The van der Waals surface area contributed by atoms with Gasteiger partial charge in [-0.1, -0.05) is 5.21 Å². The van der Waals surface area contributed by atoms with E-state index < -0.39 is 37.3 Å². The molecule has 0 bridgehead atoms. The van der Waals surface area contributed by atoms with E-state index in [-0.39, 0.29) is 12.5 Å². The molecule has 0 radical (unpaired) electrons. The number of guanidine groups is 1. The molecule has 3 heterocycles. The van der Waals surface area contributed by atoms with Gasteiger partial charge in [0.25, 0.3) is 0 Å². The Bertz CT molecular complexity index is 616. The zero-order chi connectivity index (χ0) is 18.5.